The van der Waals surface area contributed by atoms with Crippen molar-refractivity contribution in [3.05, 3.63) is 83.9 Å². The van der Waals surface area contributed by atoms with Gasteiger partial charge >= 0.3 is 10.1 Å². The van der Waals surface area contributed by atoms with E-state index in [1.54, 1.807) is 24.3 Å². The van der Waals surface area contributed by atoms with E-state index in [4.69, 9.17) is 4.18 Å². The number of sulfonamides is 1. The second-order valence-corrected chi connectivity index (χ2v) is 9.52. The minimum atomic E-state index is -3.96. The first-order valence-electron chi connectivity index (χ1n) is 8.36. The SMILES string of the molecule is Cc1ccc(S(=O)(=O)Nc2ccc(OS(=O)(=O)c3ccc(C)cc3)cc2)cc1. The lowest BCUT2D eigenvalue weighted by molar-refractivity contribution is 0.486. The van der Waals surface area contributed by atoms with Gasteiger partial charge in [0.15, 0.2) is 0 Å². The van der Waals surface area contributed by atoms with E-state index < -0.39 is 20.1 Å². The fourth-order valence-corrected chi connectivity index (χ4v) is 4.38. The van der Waals surface area contributed by atoms with E-state index in [1.165, 1.54) is 48.5 Å². The molecule has 0 fully saturated rings. The summed E-state index contributed by atoms with van der Waals surface area (Å²) >= 11 is 0. The van der Waals surface area contributed by atoms with E-state index in [0.717, 1.165) is 11.1 Å². The Hall–Kier alpha value is -2.84. The molecule has 0 spiro atoms. The Labute approximate surface area is 165 Å². The van der Waals surface area contributed by atoms with Gasteiger partial charge in [0.25, 0.3) is 10.0 Å². The van der Waals surface area contributed by atoms with Crippen LogP contribution in [0.1, 0.15) is 11.1 Å². The average Bonchev–Trinajstić information content (AvgIpc) is 2.64. The summed E-state index contributed by atoms with van der Waals surface area (Å²) in [5, 5.41) is 0. The minimum Gasteiger partial charge on any atom is -0.379 e. The van der Waals surface area contributed by atoms with Crippen molar-refractivity contribution in [2.75, 3.05) is 4.72 Å². The van der Waals surface area contributed by atoms with Crippen LogP contribution in [0.4, 0.5) is 5.69 Å². The average molecular weight is 418 g/mol. The Kier molecular flexibility index (Phi) is 5.44. The van der Waals surface area contributed by atoms with Gasteiger partial charge in [0.05, 0.1) is 4.90 Å². The molecule has 1 N–H and O–H groups in total. The highest BCUT2D eigenvalue weighted by Gasteiger charge is 2.17. The van der Waals surface area contributed by atoms with Crippen molar-refractivity contribution in [3.8, 4) is 5.75 Å². The smallest absolute Gasteiger partial charge is 0.339 e. The summed E-state index contributed by atoms with van der Waals surface area (Å²) in [6.07, 6.45) is 0. The maximum Gasteiger partial charge on any atom is 0.339 e. The predicted molar refractivity (Wildman–Crippen MR) is 107 cm³/mol. The lowest BCUT2D eigenvalue weighted by atomic mass is 10.2. The number of nitrogens with one attached hydrogen (secondary N) is 1. The molecule has 0 saturated carbocycles. The summed E-state index contributed by atoms with van der Waals surface area (Å²) in [4.78, 5) is 0.183. The lowest BCUT2D eigenvalue weighted by Crippen LogP contribution is -2.13. The molecule has 28 heavy (non-hydrogen) atoms. The number of anilines is 1. The third-order valence-corrected chi connectivity index (χ3v) is 6.61. The number of benzene rings is 3. The van der Waals surface area contributed by atoms with Gasteiger partial charge in [-0.05, 0) is 62.4 Å². The van der Waals surface area contributed by atoms with Crippen LogP contribution in [0.5, 0.6) is 5.75 Å². The summed E-state index contributed by atoms with van der Waals surface area (Å²) in [6.45, 7) is 3.72. The highest BCUT2D eigenvalue weighted by atomic mass is 32.2. The van der Waals surface area contributed by atoms with E-state index in [0.29, 0.717) is 5.69 Å². The highest BCUT2D eigenvalue weighted by molar-refractivity contribution is 7.92. The van der Waals surface area contributed by atoms with Gasteiger partial charge in [-0.2, -0.15) is 8.42 Å². The van der Waals surface area contributed by atoms with E-state index in [1.807, 2.05) is 13.8 Å². The zero-order valence-electron chi connectivity index (χ0n) is 15.3. The summed E-state index contributed by atoms with van der Waals surface area (Å²) in [7, 11) is -7.70. The molecule has 146 valence electrons. The molecular formula is C20H19NO5S2. The highest BCUT2D eigenvalue weighted by Crippen LogP contribution is 2.23. The molecule has 8 heteroatoms. The van der Waals surface area contributed by atoms with Crippen molar-refractivity contribution in [3.63, 3.8) is 0 Å². The first-order chi connectivity index (χ1) is 13.2. The Morgan fingerprint density at radius 2 is 1.11 bits per heavy atom. The molecule has 0 aliphatic rings. The van der Waals surface area contributed by atoms with Crippen molar-refractivity contribution >= 4 is 25.8 Å². The second kappa shape index (κ2) is 7.65. The number of hydrogen-bond donors (Lipinski definition) is 1. The van der Waals surface area contributed by atoms with Crippen LogP contribution in [0.2, 0.25) is 0 Å². The first-order valence-corrected chi connectivity index (χ1v) is 11.3. The van der Waals surface area contributed by atoms with Crippen LogP contribution in [-0.4, -0.2) is 16.8 Å². The third kappa shape index (κ3) is 4.71. The van der Waals surface area contributed by atoms with Gasteiger partial charge in [0, 0.05) is 5.69 Å². The molecule has 0 atom stereocenters. The molecule has 0 aliphatic heterocycles. The molecule has 0 heterocycles. The van der Waals surface area contributed by atoms with Gasteiger partial charge in [-0.3, -0.25) is 4.72 Å². The molecule has 0 aliphatic carbocycles. The maximum absolute atomic E-state index is 12.4. The monoisotopic (exact) mass is 417 g/mol. The maximum atomic E-state index is 12.4. The lowest BCUT2D eigenvalue weighted by Gasteiger charge is -2.10. The van der Waals surface area contributed by atoms with Gasteiger partial charge in [0.1, 0.15) is 10.6 Å². The molecule has 0 saturated heterocycles. The zero-order valence-corrected chi connectivity index (χ0v) is 16.9. The van der Waals surface area contributed by atoms with Gasteiger partial charge in [-0.1, -0.05) is 35.4 Å². The quantitative estimate of drug-likeness (QED) is 0.615. The van der Waals surface area contributed by atoms with Gasteiger partial charge < -0.3 is 4.18 Å². The van der Waals surface area contributed by atoms with Crippen LogP contribution in [0, 0.1) is 13.8 Å². The van der Waals surface area contributed by atoms with Gasteiger partial charge in [-0.15, -0.1) is 0 Å². The van der Waals surface area contributed by atoms with Gasteiger partial charge in [0.2, 0.25) is 0 Å². The molecule has 0 amide bonds. The van der Waals surface area contributed by atoms with Crippen LogP contribution < -0.4 is 8.91 Å². The summed E-state index contributed by atoms with van der Waals surface area (Å²) < 4.78 is 57.0. The van der Waals surface area contributed by atoms with E-state index in [9.17, 15) is 16.8 Å². The second-order valence-electron chi connectivity index (χ2n) is 6.29. The molecule has 3 aromatic carbocycles. The van der Waals surface area contributed by atoms with Crippen molar-refractivity contribution in [2.45, 2.75) is 23.6 Å². The Morgan fingerprint density at radius 3 is 1.61 bits per heavy atom. The fraction of sp³-hybridized carbons (Fsp3) is 0.100. The van der Waals surface area contributed by atoms with E-state index >= 15 is 0 Å². The molecule has 0 aromatic heterocycles. The predicted octanol–water partition coefficient (Wildman–Crippen LogP) is 3.87. The Balaban J connectivity index is 1.74. The van der Waals surface area contributed by atoms with Crippen molar-refractivity contribution in [1.29, 1.82) is 0 Å². The van der Waals surface area contributed by atoms with Crippen LogP contribution in [0.25, 0.3) is 0 Å². The zero-order chi connectivity index (χ0) is 20.4. The van der Waals surface area contributed by atoms with Crippen LogP contribution >= 0.6 is 0 Å². The molecule has 6 nitrogen and oxygen atoms in total. The number of hydrogen-bond acceptors (Lipinski definition) is 5. The van der Waals surface area contributed by atoms with E-state index in [2.05, 4.69) is 4.72 Å². The standard InChI is InChI=1S/C20H19NO5S2/c1-15-3-11-19(12-4-15)27(22,23)21-17-7-9-18(10-8-17)26-28(24,25)20-13-5-16(2)6-14-20/h3-14,21H,1-2H3. The van der Waals surface area contributed by atoms with Crippen molar-refractivity contribution in [2.24, 2.45) is 0 Å². The molecule has 0 unspecified atom stereocenters. The van der Waals surface area contributed by atoms with Crippen molar-refractivity contribution in [1.82, 2.24) is 0 Å². The molecule has 3 aromatic rings. The normalized spacial score (nSPS) is 11.8. The molecular weight excluding hydrogens is 398 g/mol. The molecule has 0 radical (unpaired) electrons. The van der Waals surface area contributed by atoms with Crippen molar-refractivity contribution < 1.29 is 21.0 Å². The first kappa shape index (κ1) is 19.9. The number of rotatable bonds is 6. The largest absolute Gasteiger partial charge is 0.379 e. The van der Waals surface area contributed by atoms with E-state index in [-0.39, 0.29) is 15.5 Å². The Morgan fingerprint density at radius 1 is 0.643 bits per heavy atom. The fourth-order valence-electron chi connectivity index (χ4n) is 2.39. The third-order valence-electron chi connectivity index (χ3n) is 3.95. The minimum absolute atomic E-state index is 0.0438. The molecule has 0 bridgehead atoms. The summed E-state index contributed by atoms with van der Waals surface area (Å²) in [6, 6.07) is 18.4. The number of aryl methyl sites for hydroxylation is 2. The van der Waals surface area contributed by atoms with Gasteiger partial charge in [-0.25, -0.2) is 8.42 Å². The van der Waals surface area contributed by atoms with Crippen LogP contribution in [-0.2, 0) is 20.1 Å². The topological polar surface area (TPSA) is 89.5 Å². The van der Waals surface area contributed by atoms with Crippen LogP contribution in [0.3, 0.4) is 0 Å². The summed E-state index contributed by atoms with van der Waals surface area (Å²) in [5.41, 5.74) is 2.18. The van der Waals surface area contributed by atoms with Crippen LogP contribution in [0.15, 0.2) is 82.6 Å². The molecule has 3 rings (SSSR count). The summed E-state index contributed by atoms with van der Waals surface area (Å²) in [5.74, 6) is 0.0823. The Bertz CT molecular complexity index is 1070.